The van der Waals surface area contributed by atoms with Crippen LogP contribution >= 0.6 is 81.5 Å². The van der Waals surface area contributed by atoms with E-state index in [1.807, 2.05) is 86.6 Å². The number of hydrogen-bond acceptors (Lipinski definition) is 20. The third kappa shape index (κ3) is 17.4. The van der Waals surface area contributed by atoms with Gasteiger partial charge in [0.1, 0.15) is 42.7 Å². The van der Waals surface area contributed by atoms with E-state index in [9.17, 15) is 24.0 Å². The van der Waals surface area contributed by atoms with Crippen molar-refractivity contribution in [3.8, 4) is 34.7 Å². The number of ether oxygens (including phenoxy) is 5. The SMILES string of the molecule is CCOC(=O)c1c(N)sc2c1CCCC2.CCOC(=O)c1c(NC(=S)Nc2ccc(OC)cc2)sc2c1CCCC2.COc1ccc(-n2c(=S)[nH]c3sc4c(c3c2=O)CCCC4)cc1.COc1ccc(-n2c(SCC#N)nc3sc4c(c3c2=O)CCCC4)cc1.O=C1CCCCC1. The molecule has 0 aliphatic heterocycles. The van der Waals surface area contributed by atoms with E-state index in [-0.39, 0.29) is 28.8 Å². The Morgan fingerprint density at radius 2 is 1.04 bits per heavy atom. The number of nitrogens with zero attached hydrogens (tertiary/aromatic N) is 4. The van der Waals surface area contributed by atoms with Crippen molar-refractivity contribution in [3.05, 3.63) is 151 Å². The molecule has 25 heteroatoms. The number of methoxy groups -OCH3 is 3. The average molecular weight is 1440 g/mol. The van der Waals surface area contributed by atoms with Crippen LogP contribution in [0.4, 0.5) is 15.7 Å². The van der Waals surface area contributed by atoms with Gasteiger partial charge in [0.15, 0.2) is 15.0 Å². The zero-order chi connectivity index (χ0) is 68.5. The number of esters is 2. The predicted octanol–water partition coefficient (Wildman–Crippen LogP) is 16.5. The molecule has 5 N–H and O–H groups in total. The van der Waals surface area contributed by atoms with Crippen LogP contribution in [-0.4, -0.2) is 82.2 Å². The van der Waals surface area contributed by atoms with Gasteiger partial charge in [-0.15, -0.1) is 45.3 Å². The molecule has 0 radical (unpaired) electrons. The Hall–Kier alpha value is -7.70. The lowest BCUT2D eigenvalue weighted by Crippen LogP contribution is -2.22. The number of thiophene rings is 4. The van der Waals surface area contributed by atoms with Crippen molar-refractivity contribution in [3.63, 3.8) is 0 Å². The summed E-state index contributed by atoms with van der Waals surface area (Å²) in [4.78, 5) is 76.0. The van der Waals surface area contributed by atoms with Crippen molar-refractivity contribution in [2.45, 2.75) is 154 Å². The van der Waals surface area contributed by atoms with Gasteiger partial charge in [-0.05, 0) is 249 Å². The molecule has 5 aliphatic rings. The average Bonchev–Trinajstić information content (AvgIpc) is 1.67. The number of nitrogens with two attached hydrogens (primary N) is 1. The molecule has 0 spiro atoms. The Morgan fingerprint density at radius 3 is 1.57 bits per heavy atom. The second-order valence-electron chi connectivity index (χ2n) is 23.5. The lowest BCUT2D eigenvalue weighted by Gasteiger charge is -2.13. The summed E-state index contributed by atoms with van der Waals surface area (Å²) < 4.78 is 29.5. The number of nitrogen functional groups attached to an aromatic ring is 1. The Morgan fingerprint density at radius 1 is 0.588 bits per heavy atom. The number of aryl methyl sites for hydroxylation is 6. The maximum Gasteiger partial charge on any atom is 0.341 e. The van der Waals surface area contributed by atoms with Crippen LogP contribution in [0.3, 0.4) is 0 Å². The minimum atomic E-state index is -0.276. The van der Waals surface area contributed by atoms with Crippen molar-refractivity contribution in [1.82, 2.24) is 19.1 Å². The van der Waals surface area contributed by atoms with E-state index in [0.717, 1.165) is 180 Å². The van der Waals surface area contributed by atoms with Gasteiger partial charge in [0.2, 0.25) is 0 Å². The first-order chi connectivity index (χ1) is 47.2. The van der Waals surface area contributed by atoms with Crippen LogP contribution < -0.4 is 41.7 Å². The first kappa shape index (κ1) is 72.1. The van der Waals surface area contributed by atoms with Crippen LogP contribution in [0.1, 0.15) is 160 Å². The number of anilines is 3. The summed E-state index contributed by atoms with van der Waals surface area (Å²) in [6, 6.07) is 24.4. The number of hydrogen-bond donors (Lipinski definition) is 4. The first-order valence-electron chi connectivity index (χ1n) is 32.9. The normalized spacial score (nSPS) is 14.2. The minimum absolute atomic E-state index is 0.0201. The van der Waals surface area contributed by atoms with E-state index in [1.165, 1.54) is 68.1 Å². The summed E-state index contributed by atoms with van der Waals surface area (Å²) in [7, 11) is 4.86. The van der Waals surface area contributed by atoms with Crippen molar-refractivity contribution in [2.75, 3.05) is 56.7 Å². The summed E-state index contributed by atoms with van der Waals surface area (Å²) in [5, 5.41) is 19.3. The number of Topliss-reactive ketones (excluding diaryl/α,β-unsaturated/α-hetero) is 1. The van der Waals surface area contributed by atoms with Gasteiger partial charge in [0, 0.05) is 38.0 Å². The van der Waals surface area contributed by atoms with Crippen LogP contribution in [0.15, 0.2) is 87.5 Å². The fraction of sp³-hybridized carbons (Fsp3) is 0.403. The smallest absolute Gasteiger partial charge is 0.341 e. The Labute approximate surface area is 594 Å². The lowest BCUT2D eigenvalue weighted by molar-refractivity contribution is -0.120. The fourth-order valence-corrected chi connectivity index (χ4v) is 18.8. The molecule has 1 saturated carbocycles. The van der Waals surface area contributed by atoms with Gasteiger partial charge >= 0.3 is 11.9 Å². The number of nitrogens with one attached hydrogen (secondary N) is 3. The Balaban J connectivity index is 0.000000138. The maximum atomic E-state index is 13.4. The van der Waals surface area contributed by atoms with Crippen molar-refractivity contribution in [1.29, 1.82) is 5.26 Å². The molecule has 0 atom stereocenters. The quantitative estimate of drug-likeness (QED) is 0.0363. The number of ketones is 1. The number of thioether (sulfide) groups is 1. The number of aromatic amines is 1. The minimum Gasteiger partial charge on any atom is -0.497 e. The maximum absolute atomic E-state index is 13.4. The number of fused-ring (bicyclic) bond motifs is 8. The molecule has 18 nitrogen and oxygen atoms in total. The lowest BCUT2D eigenvalue weighted by atomic mass is 9.95. The third-order valence-corrected chi connectivity index (χ3v) is 23.2. The second-order valence-corrected chi connectivity index (χ2v) is 29.6. The van der Waals surface area contributed by atoms with Crippen LogP contribution in [0, 0.1) is 16.1 Å². The molecule has 0 amide bonds. The van der Waals surface area contributed by atoms with Gasteiger partial charge in [-0.3, -0.25) is 23.5 Å². The number of rotatable bonds is 13. The fourth-order valence-electron chi connectivity index (χ4n) is 12.5. The molecule has 97 heavy (non-hydrogen) atoms. The number of carbonyl (C=O) groups is 3. The Bertz CT molecular complexity index is 4510. The van der Waals surface area contributed by atoms with Crippen molar-refractivity contribution in [2.24, 2.45) is 0 Å². The van der Waals surface area contributed by atoms with Gasteiger partial charge in [-0.2, -0.15) is 5.26 Å². The standard InChI is InChI=1S/C19H17N3O2S2.C19H22N2O3S2.C17H16N2O2S2.C11H15NO2S.C6H10O/c1-24-13-8-6-12(7-9-13)22-18(23)16-14-4-2-3-5-15(14)26-17(16)21-19(22)25-11-10-20;1-3-24-18(22)16-14-6-4-5-7-15(14)26-17(16)21-19(25)20-12-8-10-13(23-2)11-9-12;1-21-11-8-6-10(7-9-11)19-16(20)14-12-4-2-3-5-13(12)23-15(14)18-17(19)22;1-2-14-11(13)9-7-5-3-4-6-8(7)15-10(9)12;7-6-4-2-1-3-5-6/h6-9H,2-5,11H2,1H3;8-11H,3-7H2,1-2H3,(H2,20,21,25);6-9H,2-5H2,1H3,(H,18,22);2-6,12H2,1H3;1-5H2. The number of nitriles is 1. The van der Waals surface area contributed by atoms with E-state index in [4.69, 9.17) is 64.1 Å². The summed E-state index contributed by atoms with van der Waals surface area (Å²) in [6.07, 6.45) is 22.5. The largest absolute Gasteiger partial charge is 0.497 e. The van der Waals surface area contributed by atoms with Crippen LogP contribution in [-0.2, 0) is 65.6 Å². The third-order valence-electron chi connectivity index (χ3n) is 17.2. The van der Waals surface area contributed by atoms with E-state index in [1.54, 1.807) is 75.8 Å². The highest BCUT2D eigenvalue weighted by Crippen LogP contribution is 2.41. The van der Waals surface area contributed by atoms with Crippen LogP contribution in [0.25, 0.3) is 31.8 Å². The van der Waals surface area contributed by atoms with Gasteiger partial charge in [0.25, 0.3) is 11.1 Å². The topological polar surface area (TPSA) is 244 Å². The van der Waals surface area contributed by atoms with Crippen LogP contribution in [0.2, 0.25) is 0 Å². The second kappa shape index (κ2) is 34.7. The van der Waals surface area contributed by atoms with Gasteiger partial charge in [-0.25, -0.2) is 14.6 Å². The molecule has 9 aromatic rings. The number of carbonyl (C=O) groups excluding carboxylic acids is 3. The molecule has 6 aromatic heterocycles. The Kier molecular flexibility index (Phi) is 25.8. The van der Waals surface area contributed by atoms with E-state index >= 15 is 0 Å². The number of thiocarbonyl (C=S) groups is 1. The summed E-state index contributed by atoms with van der Waals surface area (Å²) in [5.74, 6) is 2.45. The molecular weight excluding hydrogens is 1360 g/mol. The number of H-pyrrole nitrogens is 1. The molecule has 0 saturated heterocycles. The van der Waals surface area contributed by atoms with Gasteiger partial charge < -0.3 is 45.0 Å². The molecule has 0 bridgehead atoms. The van der Waals surface area contributed by atoms with Gasteiger partial charge in [-0.1, -0.05) is 18.2 Å². The highest BCUT2D eigenvalue weighted by Gasteiger charge is 2.29. The first-order valence-corrected chi connectivity index (χ1v) is 38.0. The molecular formula is C72H80N8O10S7. The highest BCUT2D eigenvalue weighted by molar-refractivity contribution is 7.99. The molecule has 0 unspecified atom stereocenters. The van der Waals surface area contributed by atoms with E-state index < -0.39 is 0 Å². The van der Waals surface area contributed by atoms with Crippen molar-refractivity contribution < 1.29 is 38.1 Å². The zero-order valence-corrected chi connectivity index (χ0v) is 60.9. The highest BCUT2D eigenvalue weighted by atomic mass is 32.2. The van der Waals surface area contributed by atoms with Crippen molar-refractivity contribution >= 4 is 141 Å². The number of benzene rings is 3. The van der Waals surface area contributed by atoms with Gasteiger partial charge in [0.05, 0.1) is 79.6 Å². The molecule has 1 fully saturated rings. The zero-order valence-electron chi connectivity index (χ0n) is 55.2. The van der Waals surface area contributed by atoms with E-state index in [0.29, 0.717) is 50.2 Å². The van der Waals surface area contributed by atoms with E-state index in [2.05, 4.69) is 21.7 Å². The molecule has 3 aromatic carbocycles. The summed E-state index contributed by atoms with van der Waals surface area (Å²) in [5.41, 5.74) is 14.1. The summed E-state index contributed by atoms with van der Waals surface area (Å²) in [6.45, 7) is 4.40. The summed E-state index contributed by atoms with van der Waals surface area (Å²) >= 11 is 18.6. The number of aromatic nitrogens is 4. The monoisotopic (exact) mass is 1440 g/mol. The molecule has 14 rings (SSSR count). The van der Waals surface area contributed by atoms with Crippen LogP contribution in [0.5, 0.6) is 17.2 Å². The molecule has 5 aliphatic carbocycles. The molecule has 510 valence electrons. The predicted molar refractivity (Wildman–Crippen MR) is 400 cm³/mol. The molecule has 6 heterocycles.